The molecule has 3 fully saturated rings. The zero-order valence-electron chi connectivity index (χ0n) is 12.9. The fourth-order valence-electron chi connectivity index (χ4n) is 4.18. The van der Waals surface area contributed by atoms with Gasteiger partial charge in [0.25, 0.3) is 0 Å². The number of β-amino-alcohol motifs (C(OH)–C–C–N with tert-alkyl or cyclic N) is 1. The molecule has 0 radical (unpaired) electrons. The van der Waals surface area contributed by atoms with Crippen LogP contribution in [0.2, 0.25) is 0 Å². The highest BCUT2D eigenvalue weighted by Gasteiger charge is 2.36. The molecule has 0 aromatic carbocycles. The van der Waals surface area contributed by atoms with Crippen molar-refractivity contribution in [2.75, 3.05) is 13.1 Å². The molecule has 21 heavy (non-hydrogen) atoms. The van der Waals surface area contributed by atoms with E-state index >= 15 is 0 Å². The third kappa shape index (κ3) is 3.86. The lowest BCUT2D eigenvalue weighted by Crippen LogP contribution is -2.47. The maximum atomic E-state index is 12.2. The molecule has 3 rings (SSSR count). The average molecular weight is 292 g/mol. The molecule has 0 aromatic heterocycles. The van der Waals surface area contributed by atoms with Gasteiger partial charge in [-0.1, -0.05) is 12.0 Å². The highest BCUT2D eigenvalue weighted by molar-refractivity contribution is 5.88. The first kappa shape index (κ1) is 15.0. The van der Waals surface area contributed by atoms with Crippen molar-refractivity contribution in [3.05, 3.63) is 11.6 Å². The fourth-order valence-corrected chi connectivity index (χ4v) is 4.18. The lowest BCUT2D eigenvalue weighted by atomic mass is 9.94. The van der Waals surface area contributed by atoms with E-state index in [-0.39, 0.29) is 18.1 Å². The maximum Gasteiger partial charge on any atom is 0.244 e. The minimum Gasteiger partial charge on any atom is -0.392 e. The van der Waals surface area contributed by atoms with Crippen LogP contribution in [0.3, 0.4) is 0 Å². The first-order chi connectivity index (χ1) is 10.2. The smallest absolute Gasteiger partial charge is 0.244 e. The standard InChI is InChI=1S/C17H28N2O2/c20-14-9-10-19(12-14)16-8-4-7-15(16)18-17(21)11-13-5-2-1-3-6-13/h11,14-16,20H,1-10,12H2,(H,18,21)/t14?,15-,16+/m1/s1. The monoisotopic (exact) mass is 292 g/mol. The number of carbonyl (C=O) groups excluding carboxylic acids is 1. The molecule has 4 nitrogen and oxygen atoms in total. The quantitative estimate of drug-likeness (QED) is 0.782. The van der Waals surface area contributed by atoms with Gasteiger partial charge in [0.15, 0.2) is 0 Å². The molecule has 118 valence electrons. The largest absolute Gasteiger partial charge is 0.392 e. The van der Waals surface area contributed by atoms with Crippen LogP contribution in [-0.2, 0) is 4.79 Å². The van der Waals surface area contributed by atoms with Crippen molar-refractivity contribution in [3.63, 3.8) is 0 Å². The summed E-state index contributed by atoms with van der Waals surface area (Å²) in [7, 11) is 0. The van der Waals surface area contributed by atoms with Gasteiger partial charge in [-0.3, -0.25) is 9.69 Å². The van der Waals surface area contributed by atoms with Gasteiger partial charge in [-0.05, 0) is 51.4 Å². The molecule has 2 N–H and O–H groups in total. The number of allylic oxidation sites excluding steroid dienone is 1. The first-order valence-electron chi connectivity index (χ1n) is 8.64. The Balaban J connectivity index is 1.54. The second-order valence-corrected chi connectivity index (χ2v) is 6.91. The third-order valence-corrected chi connectivity index (χ3v) is 5.30. The van der Waals surface area contributed by atoms with Crippen LogP contribution in [0.5, 0.6) is 0 Å². The normalized spacial score (nSPS) is 34.1. The van der Waals surface area contributed by atoms with Crippen LogP contribution >= 0.6 is 0 Å². The average Bonchev–Trinajstić information content (AvgIpc) is 3.08. The Kier molecular flexibility index (Phi) is 4.96. The van der Waals surface area contributed by atoms with Crippen molar-refractivity contribution in [3.8, 4) is 0 Å². The second-order valence-electron chi connectivity index (χ2n) is 6.91. The number of likely N-dealkylation sites (tertiary alicyclic amines) is 1. The SMILES string of the molecule is O=C(C=C1CCCCC1)N[C@@H]1CCC[C@@H]1N1CCC(O)C1. The number of nitrogens with one attached hydrogen (secondary N) is 1. The summed E-state index contributed by atoms with van der Waals surface area (Å²) >= 11 is 0. The van der Waals surface area contributed by atoms with Crippen LogP contribution in [0.25, 0.3) is 0 Å². The Labute approximate surface area is 127 Å². The number of amides is 1. The van der Waals surface area contributed by atoms with Gasteiger partial charge in [-0.2, -0.15) is 0 Å². The molecular formula is C17H28N2O2. The van der Waals surface area contributed by atoms with Gasteiger partial charge in [0.05, 0.1) is 6.10 Å². The van der Waals surface area contributed by atoms with Crippen LogP contribution in [0, 0.1) is 0 Å². The Bertz CT molecular complexity index is 400. The Hall–Kier alpha value is -0.870. The molecule has 1 heterocycles. The molecule has 2 saturated carbocycles. The van der Waals surface area contributed by atoms with Crippen LogP contribution in [-0.4, -0.2) is 47.2 Å². The molecule has 2 aliphatic carbocycles. The van der Waals surface area contributed by atoms with E-state index in [0.29, 0.717) is 6.04 Å². The lowest BCUT2D eigenvalue weighted by molar-refractivity contribution is -0.117. The van der Waals surface area contributed by atoms with Gasteiger partial charge in [0, 0.05) is 31.2 Å². The number of aliphatic hydroxyl groups is 1. The molecule has 4 heteroatoms. The molecule has 0 bridgehead atoms. The van der Waals surface area contributed by atoms with Crippen molar-refractivity contribution in [2.24, 2.45) is 0 Å². The van der Waals surface area contributed by atoms with E-state index in [0.717, 1.165) is 45.2 Å². The first-order valence-corrected chi connectivity index (χ1v) is 8.64. The highest BCUT2D eigenvalue weighted by atomic mass is 16.3. The van der Waals surface area contributed by atoms with E-state index in [1.54, 1.807) is 0 Å². The molecule has 1 aliphatic heterocycles. The summed E-state index contributed by atoms with van der Waals surface area (Å²) in [5, 5.41) is 12.9. The number of nitrogens with zero attached hydrogens (tertiary/aromatic N) is 1. The zero-order valence-corrected chi connectivity index (χ0v) is 12.9. The Morgan fingerprint density at radius 2 is 1.95 bits per heavy atom. The van der Waals surface area contributed by atoms with Gasteiger partial charge in [-0.15, -0.1) is 0 Å². The summed E-state index contributed by atoms with van der Waals surface area (Å²) in [5.74, 6) is 0.101. The predicted molar refractivity (Wildman–Crippen MR) is 82.9 cm³/mol. The number of hydrogen-bond acceptors (Lipinski definition) is 3. The molecule has 1 amide bonds. The molecule has 0 aromatic rings. The van der Waals surface area contributed by atoms with E-state index in [1.165, 1.54) is 31.3 Å². The van der Waals surface area contributed by atoms with Gasteiger partial charge >= 0.3 is 0 Å². The maximum absolute atomic E-state index is 12.2. The number of carbonyl (C=O) groups is 1. The van der Waals surface area contributed by atoms with Crippen molar-refractivity contribution >= 4 is 5.91 Å². The Morgan fingerprint density at radius 1 is 1.14 bits per heavy atom. The number of aliphatic hydroxyl groups excluding tert-OH is 1. The minimum atomic E-state index is -0.175. The van der Waals surface area contributed by atoms with E-state index in [2.05, 4.69) is 10.2 Å². The van der Waals surface area contributed by atoms with Gasteiger partial charge in [-0.25, -0.2) is 0 Å². The molecule has 0 spiro atoms. The lowest BCUT2D eigenvalue weighted by Gasteiger charge is -2.29. The van der Waals surface area contributed by atoms with Gasteiger partial charge in [0.2, 0.25) is 5.91 Å². The number of hydrogen-bond donors (Lipinski definition) is 2. The summed E-state index contributed by atoms with van der Waals surface area (Å²) < 4.78 is 0. The summed E-state index contributed by atoms with van der Waals surface area (Å²) in [5.41, 5.74) is 1.32. The number of rotatable bonds is 3. The topological polar surface area (TPSA) is 52.6 Å². The van der Waals surface area contributed by atoms with Crippen molar-refractivity contribution in [1.29, 1.82) is 0 Å². The van der Waals surface area contributed by atoms with Crippen LogP contribution < -0.4 is 5.32 Å². The van der Waals surface area contributed by atoms with Crippen LogP contribution in [0.4, 0.5) is 0 Å². The van der Waals surface area contributed by atoms with Crippen molar-refractivity contribution < 1.29 is 9.90 Å². The summed E-state index contributed by atoms with van der Waals surface area (Å²) in [6.07, 6.45) is 11.9. The highest BCUT2D eigenvalue weighted by Crippen LogP contribution is 2.28. The van der Waals surface area contributed by atoms with Crippen LogP contribution in [0.1, 0.15) is 57.8 Å². The van der Waals surface area contributed by atoms with E-state index in [4.69, 9.17) is 0 Å². The summed E-state index contributed by atoms with van der Waals surface area (Å²) in [4.78, 5) is 14.6. The Morgan fingerprint density at radius 3 is 2.67 bits per heavy atom. The molecule has 3 atom stereocenters. The summed E-state index contributed by atoms with van der Waals surface area (Å²) in [6.45, 7) is 1.75. The zero-order chi connectivity index (χ0) is 14.7. The van der Waals surface area contributed by atoms with Gasteiger partial charge < -0.3 is 10.4 Å². The van der Waals surface area contributed by atoms with E-state index in [1.807, 2.05) is 6.08 Å². The van der Waals surface area contributed by atoms with Gasteiger partial charge in [0.1, 0.15) is 0 Å². The van der Waals surface area contributed by atoms with Crippen molar-refractivity contribution in [2.45, 2.75) is 76.0 Å². The molecular weight excluding hydrogens is 264 g/mol. The second kappa shape index (κ2) is 6.93. The molecule has 1 unspecified atom stereocenters. The summed E-state index contributed by atoms with van der Waals surface area (Å²) in [6, 6.07) is 0.694. The van der Waals surface area contributed by atoms with Crippen molar-refractivity contribution in [1.82, 2.24) is 10.2 Å². The molecule has 3 aliphatic rings. The van der Waals surface area contributed by atoms with E-state index in [9.17, 15) is 9.90 Å². The molecule has 1 saturated heterocycles. The fraction of sp³-hybridized carbons (Fsp3) is 0.824. The van der Waals surface area contributed by atoms with Crippen LogP contribution in [0.15, 0.2) is 11.6 Å². The van der Waals surface area contributed by atoms with E-state index < -0.39 is 0 Å². The predicted octanol–water partition coefficient (Wildman–Crippen LogP) is 1.98. The minimum absolute atomic E-state index is 0.101. The third-order valence-electron chi connectivity index (χ3n) is 5.30.